The molecule has 0 saturated carbocycles. The molecule has 0 aromatic heterocycles. The normalized spacial score (nSPS) is 15.8. The molecule has 0 aliphatic carbocycles. The van der Waals surface area contributed by atoms with Gasteiger partial charge in [-0.25, -0.2) is 0 Å². The standard InChI is InChI=1S/C23H27NO5/c1-16(2)29-20-15-18(28-3)9-10-19(20)21(25)24-13-11-23(12-14-24,22(26)27)17-7-5-4-6-8-17/h4-10,15-16H,11-14H2,1-3H3,(H,26,27). The number of likely N-dealkylation sites (tertiary alicyclic amines) is 1. The van der Waals surface area contributed by atoms with Crippen molar-refractivity contribution in [3.63, 3.8) is 0 Å². The SMILES string of the molecule is COc1ccc(C(=O)N2CCC(C(=O)O)(c3ccccc3)CC2)c(OC(C)C)c1. The number of hydrogen-bond acceptors (Lipinski definition) is 4. The molecule has 3 rings (SSSR count). The van der Waals surface area contributed by atoms with Gasteiger partial charge in [0.15, 0.2) is 0 Å². The number of carbonyl (C=O) groups is 2. The van der Waals surface area contributed by atoms with E-state index in [1.165, 1.54) is 0 Å². The van der Waals surface area contributed by atoms with Gasteiger partial charge in [0.05, 0.1) is 24.2 Å². The highest BCUT2D eigenvalue weighted by Gasteiger charge is 2.44. The largest absolute Gasteiger partial charge is 0.497 e. The number of hydrogen-bond donors (Lipinski definition) is 1. The van der Waals surface area contributed by atoms with Gasteiger partial charge in [-0.05, 0) is 44.4 Å². The fraction of sp³-hybridized carbons (Fsp3) is 0.391. The number of benzene rings is 2. The predicted octanol–water partition coefficient (Wildman–Crippen LogP) is 3.74. The highest BCUT2D eigenvalue weighted by atomic mass is 16.5. The second-order valence-corrected chi connectivity index (χ2v) is 7.57. The first-order chi connectivity index (χ1) is 13.9. The Labute approximate surface area is 171 Å². The Bertz CT molecular complexity index is 870. The van der Waals surface area contributed by atoms with Gasteiger partial charge in [-0.1, -0.05) is 30.3 Å². The van der Waals surface area contributed by atoms with Crippen LogP contribution < -0.4 is 9.47 Å². The highest BCUT2D eigenvalue weighted by Crippen LogP contribution is 2.37. The van der Waals surface area contributed by atoms with E-state index in [0.717, 1.165) is 5.56 Å². The van der Waals surface area contributed by atoms with Crippen molar-refractivity contribution < 1.29 is 24.2 Å². The zero-order valence-electron chi connectivity index (χ0n) is 17.1. The van der Waals surface area contributed by atoms with Crippen LogP contribution in [0, 0.1) is 0 Å². The van der Waals surface area contributed by atoms with Crippen molar-refractivity contribution in [3.8, 4) is 11.5 Å². The molecule has 2 aromatic rings. The maximum atomic E-state index is 13.2. The first-order valence-electron chi connectivity index (χ1n) is 9.80. The highest BCUT2D eigenvalue weighted by molar-refractivity contribution is 5.97. The lowest BCUT2D eigenvalue weighted by atomic mass is 9.72. The molecule has 0 radical (unpaired) electrons. The number of methoxy groups -OCH3 is 1. The van der Waals surface area contributed by atoms with E-state index in [4.69, 9.17) is 9.47 Å². The Balaban J connectivity index is 1.82. The topological polar surface area (TPSA) is 76.1 Å². The summed E-state index contributed by atoms with van der Waals surface area (Å²) in [5.74, 6) is 0.0896. The van der Waals surface area contributed by atoms with Crippen molar-refractivity contribution in [2.24, 2.45) is 0 Å². The molecule has 0 unspecified atom stereocenters. The first-order valence-corrected chi connectivity index (χ1v) is 9.80. The van der Waals surface area contributed by atoms with Gasteiger partial charge in [-0.15, -0.1) is 0 Å². The third kappa shape index (κ3) is 4.21. The van der Waals surface area contributed by atoms with Crippen molar-refractivity contribution in [1.29, 1.82) is 0 Å². The summed E-state index contributed by atoms with van der Waals surface area (Å²) in [5.41, 5.74) is 0.282. The minimum absolute atomic E-state index is 0.0900. The van der Waals surface area contributed by atoms with Crippen LogP contribution in [-0.2, 0) is 10.2 Å². The van der Waals surface area contributed by atoms with E-state index < -0.39 is 11.4 Å². The van der Waals surface area contributed by atoms with Crippen molar-refractivity contribution >= 4 is 11.9 Å². The molecule has 1 fully saturated rings. The lowest BCUT2D eigenvalue weighted by Gasteiger charge is -2.39. The molecule has 1 aliphatic heterocycles. The summed E-state index contributed by atoms with van der Waals surface area (Å²) < 4.78 is 11.1. The Hall–Kier alpha value is -3.02. The fourth-order valence-corrected chi connectivity index (χ4v) is 3.80. The molecular weight excluding hydrogens is 370 g/mol. The van der Waals surface area contributed by atoms with Crippen molar-refractivity contribution in [3.05, 3.63) is 59.7 Å². The summed E-state index contributed by atoms with van der Waals surface area (Å²) >= 11 is 0. The van der Waals surface area contributed by atoms with Gasteiger partial charge >= 0.3 is 5.97 Å². The molecule has 0 atom stereocenters. The van der Waals surface area contributed by atoms with Crippen LogP contribution in [0.3, 0.4) is 0 Å². The Morgan fingerprint density at radius 1 is 1.07 bits per heavy atom. The number of carbonyl (C=O) groups excluding carboxylic acids is 1. The molecule has 1 aliphatic rings. The summed E-state index contributed by atoms with van der Waals surface area (Å²) in [6, 6.07) is 14.4. The summed E-state index contributed by atoms with van der Waals surface area (Å²) in [5, 5.41) is 9.95. The number of ether oxygens (including phenoxy) is 2. The second-order valence-electron chi connectivity index (χ2n) is 7.57. The Morgan fingerprint density at radius 2 is 1.72 bits per heavy atom. The molecule has 2 aromatic carbocycles. The molecular formula is C23H27NO5. The van der Waals surface area contributed by atoms with E-state index in [2.05, 4.69) is 0 Å². The lowest BCUT2D eigenvalue weighted by Crippen LogP contribution is -2.49. The lowest BCUT2D eigenvalue weighted by molar-refractivity contribution is -0.145. The van der Waals surface area contributed by atoms with Gasteiger partial charge in [-0.2, -0.15) is 0 Å². The summed E-state index contributed by atoms with van der Waals surface area (Å²) in [4.78, 5) is 27.0. The zero-order chi connectivity index (χ0) is 21.0. The average molecular weight is 397 g/mol. The van der Waals surface area contributed by atoms with Crippen LogP contribution in [0.1, 0.15) is 42.6 Å². The van der Waals surface area contributed by atoms with Crippen LogP contribution in [0.5, 0.6) is 11.5 Å². The third-order valence-electron chi connectivity index (χ3n) is 5.42. The fourth-order valence-electron chi connectivity index (χ4n) is 3.80. The molecule has 154 valence electrons. The minimum atomic E-state index is -0.963. The molecule has 1 N–H and O–H groups in total. The van der Waals surface area contributed by atoms with Crippen LogP contribution in [-0.4, -0.2) is 48.2 Å². The van der Waals surface area contributed by atoms with E-state index in [9.17, 15) is 14.7 Å². The van der Waals surface area contributed by atoms with Crippen molar-refractivity contribution in [2.75, 3.05) is 20.2 Å². The number of piperidine rings is 1. The average Bonchev–Trinajstić information content (AvgIpc) is 2.73. The number of carboxylic acid groups (broad SMARTS) is 1. The van der Waals surface area contributed by atoms with Gasteiger partial charge in [0.1, 0.15) is 11.5 Å². The summed E-state index contributed by atoms with van der Waals surface area (Å²) in [7, 11) is 1.57. The minimum Gasteiger partial charge on any atom is -0.497 e. The molecule has 1 heterocycles. The monoisotopic (exact) mass is 397 g/mol. The second kappa shape index (κ2) is 8.55. The Morgan fingerprint density at radius 3 is 2.28 bits per heavy atom. The van der Waals surface area contributed by atoms with Crippen LogP contribution in [0.4, 0.5) is 0 Å². The number of nitrogens with zero attached hydrogens (tertiary/aromatic N) is 1. The van der Waals surface area contributed by atoms with E-state index in [1.54, 1.807) is 30.2 Å². The van der Waals surface area contributed by atoms with Crippen LogP contribution in [0.25, 0.3) is 0 Å². The molecule has 6 heteroatoms. The number of amides is 1. The van der Waals surface area contributed by atoms with Crippen LogP contribution in [0.2, 0.25) is 0 Å². The maximum Gasteiger partial charge on any atom is 0.314 e. The van der Waals surface area contributed by atoms with Gasteiger partial charge in [0.25, 0.3) is 5.91 Å². The molecule has 29 heavy (non-hydrogen) atoms. The van der Waals surface area contributed by atoms with E-state index in [1.807, 2.05) is 44.2 Å². The first kappa shape index (κ1) is 20.7. The smallest absolute Gasteiger partial charge is 0.314 e. The van der Waals surface area contributed by atoms with E-state index in [-0.39, 0.29) is 12.0 Å². The van der Waals surface area contributed by atoms with Crippen LogP contribution >= 0.6 is 0 Å². The van der Waals surface area contributed by atoms with Gasteiger partial charge in [0.2, 0.25) is 0 Å². The predicted molar refractivity (Wildman–Crippen MR) is 110 cm³/mol. The van der Waals surface area contributed by atoms with Crippen molar-refractivity contribution in [2.45, 2.75) is 38.2 Å². The summed E-state index contributed by atoms with van der Waals surface area (Å²) in [6.45, 7) is 4.53. The van der Waals surface area contributed by atoms with E-state index >= 15 is 0 Å². The maximum absolute atomic E-state index is 13.2. The summed E-state index contributed by atoms with van der Waals surface area (Å²) in [6.07, 6.45) is 0.649. The number of carboxylic acids is 1. The molecule has 6 nitrogen and oxygen atoms in total. The molecule has 1 saturated heterocycles. The van der Waals surface area contributed by atoms with Crippen LogP contribution in [0.15, 0.2) is 48.5 Å². The number of aliphatic carboxylic acids is 1. The van der Waals surface area contributed by atoms with Gasteiger partial charge < -0.3 is 19.5 Å². The zero-order valence-corrected chi connectivity index (χ0v) is 17.1. The van der Waals surface area contributed by atoms with E-state index in [0.29, 0.717) is 43.0 Å². The third-order valence-corrected chi connectivity index (χ3v) is 5.42. The quantitative estimate of drug-likeness (QED) is 0.804. The molecule has 0 spiro atoms. The molecule has 1 amide bonds. The van der Waals surface area contributed by atoms with Crippen molar-refractivity contribution in [1.82, 2.24) is 4.90 Å². The Kier molecular flexibility index (Phi) is 6.11. The number of rotatable bonds is 6. The molecule has 0 bridgehead atoms. The van der Waals surface area contributed by atoms with Gasteiger partial charge in [-0.3, -0.25) is 9.59 Å². The van der Waals surface area contributed by atoms with Gasteiger partial charge in [0, 0.05) is 19.2 Å².